The molecule has 0 saturated heterocycles. The molecule has 56 valence electrons. The van der Waals surface area contributed by atoms with E-state index in [0.717, 1.165) is 0 Å². The van der Waals surface area contributed by atoms with E-state index in [4.69, 9.17) is 0 Å². The van der Waals surface area contributed by atoms with Crippen LogP contribution in [0, 0.1) is 0 Å². The van der Waals surface area contributed by atoms with Crippen LogP contribution in [-0.2, 0) is 16.4 Å². The first-order valence-corrected chi connectivity index (χ1v) is 0. The van der Waals surface area contributed by atoms with Crippen molar-refractivity contribution in [3.63, 3.8) is 0 Å². The molecule has 0 fully saturated rings. The summed E-state index contributed by atoms with van der Waals surface area (Å²) in [6, 6.07) is 0. The topological polar surface area (TPSA) is 85.5 Å². The molecular formula is H6Al2Ge2O3P2Si2. The van der Waals surface area contributed by atoms with Gasteiger partial charge in [0.25, 0.3) is 0 Å². The predicted octanol–water partition coefficient (Wildman–Crippen LogP) is -2.53. The molecule has 0 heterocycles. The Bertz CT molecular complexity index is 25.3. The van der Waals surface area contributed by atoms with Gasteiger partial charge in [0.2, 0.25) is 0 Å². The molecule has 0 bridgehead atoms. The first-order valence-electron chi connectivity index (χ1n) is 0. The summed E-state index contributed by atoms with van der Waals surface area (Å²) in [5.74, 6) is 0. The van der Waals surface area contributed by atoms with Gasteiger partial charge < -0.3 is 16.4 Å². The molecule has 0 amide bonds. The Hall–Kier alpha value is 3.32. The second-order valence-corrected chi connectivity index (χ2v) is 0. The number of hydrogen-bond donors (Lipinski definition) is 0. The van der Waals surface area contributed by atoms with Crippen LogP contribution in [0.2, 0.25) is 0 Å². The third-order valence-electron chi connectivity index (χ3n) is 0. The molecule has 0 aliphatic heterocycles. The molecule has 0 spiro atoms. The largest absolute Gasteiger partial charge is 3.00 e. The summed E-state index contributed by atoms with van der Waals surface area (Å²) in [5.41, 5.74) is 0. The second-order valence-electron chi connectivity index (χ2n) is 0. The normalized spacial score (nSPS) is 0. The Labute approximate surface area is 127 Å². The molecule has 2 unspecified atom stereocenters. The summed E-state index contributed by atoms with van der Waals surface area (Å²) in [4.78, 5) is 0. The van der Waals surface area contributed by atoms with Gasteiger partial charge >= 0.3 is 34.7 Å². The molecule has 0 aromatic rings. The minimum atomic E-state index is 0. The second kappa shape index (κ2) is 183. The molecule has 0 N–H and O–H groups in total. The van der Waals surface area contributed by atoms with E-state index in [1.165, 1.54) is 0 Å². The van der Waals surface area contributed by atoms with Crippen molar-refractivity contribution in [2.45, 2.75) is 0 Å². The minimum absolute atomic E-state index is 0. The van der Waals surface area contributed by atoms with Gasteiger partial charge in [-0.3, -0.25) is 0 Å². The molecule has 0 aromatic carbocycles. The van der Waals surface area contributed by atoms with Crippen molar-refractivity contribution in [2.24, 2.45) is 0 Å². The third kappa shape index (κ3) is 155. The standard InChI is InChI=1S/2Al.2Ge.3O.2H3P.2Si/h;;;;;;;2*1H3;;/q2*+3;;;3*-2;;;;. The summed E-state index contributed by atoms with van der Waals surface area (Å²) in [5, 5.41) is 0. The Morgan fingerprint density at radius 2 is 0.455 bits per heavy atom. The van der Waals surface area contributed by atoms with Gasteiger partial charge in [-0.1, -0.05) is 0 Å². The van der Waals surface area contributed by atoms with Crippen molar-refractivity contribution in [1.82, 2.24) is 0 Å². The fourth-order valence-corrected chi connectivity index (χ4v) is 0. The van der Waals surface area contributed by atoms with Crippen molar-refractivity contribution >= 4 is 112 Å². The summed E-state index contributed by atoms with van der Waals surface area (Å²) in [6.45, 7) is 0. The van der Waals surface area contributed by atoms with E-state index in [2.05, 4.69) is 0 Å². The Morgan fingerprint density at radius 1 is 0.455 bits per heavy atom. The molecule has 0 aromatic heterocycles. The van der Waals surface area contributed by atoms with Crippen molar-refractivity contribution in [1.29, 1.82) is 0 Å². The first-order chi connectivity index (χ1) is 0. The van der Waals surface area contributed by atoms with Crippen LogP contribution in [0.25, 0.3) is 0 Å². The van der Waals surface area contributed by atoms with Crippen LogP contribution in [-0.4, -0.2) is 91.8 Å². The fraction of sp³-hybridized carbons (Fsp3) is 0. The zero-order valence-electron chi connectivity index (χ0n) is 5.79. The molecule has 0 aliphatic rings. The van der Waals surface area contributed by atoms with Crippen molar-refractivity contribution < 1.29 is 16.4 Å². The van der Waals surface area contributed by atoms with E-state index in [1.807, 2.05) is 0 Å². The van der Waals surface area contributed by atoms with Gasteiger partial charge in [-0.15, -0.1) is 0 Å². The Balaban J connectivity index is 0. The van der Waals surface area contributed by atoms with Crippen LogP contribution in [0.4, 0.5) is 0 Å². The van der Waals surface area contributed by atoms with Crippen LogP contribution in [0.3, 0.4) is 0 Å². The van der Waals surface area contributed by atoms with Gasteiger partial charge in [0.15, 0.2) is 0 Å². The molecule has 11 heteroatoms. The van der Waals surface area contributed by atoms with Crippen LogP contribution in [0.1, 0.15) is 0 Å². The van der Waals surface area contributed by atoms with Gasteiger partial charge in [-0.25, -0.2) is 0 Å². The average Bonchev–Trinajstić information content (AvgIpc) is 0. The van der Waals surface area contributed by atoms with Crippen molar-refractivity contribution in [3.8, 4) is 0 Å². The maximum absolute atomic E-state index is 0. The molecule has 0 saturated carbocycles. The minimum Gasteiger partial charge on any atom is -2.00 e. The van der Waals surface area contributed by atoms with Crippen LogP contribution >= 0.6 is 19.8 Å². The van der Waals surface area contributed by atoms with Crippen LogP contribution in [0.5, 0.6) is 0 Å². The van der Waals surface area contributed by atoms with Gasteiger partial charge in [0, 0.05) is 57.1 Å². The quantitative estimate of drug-likeness (QED) is 0.332. The van der Waals surface area contributed by atoms with E-state index >= 15 is 0 Å². The zero-order chi connectivity index (χ0) is 0. The SMILES string of the molecule is P.P.[Al+3].[Al+3].[Ge].[Ge].[O-2].[O-2].[O-2].[Si].[Si]. The summed E-state index contributed by atoms with van der Waals surface area (Å²) in [6.07, 6.45) is 0. The fourth-order valence-electron chi connectivity index (χ4n) is 0. The number of hydrogen-bond acceptors (Lipinski definition) is 0. The number of rotatable bonds is 0. The molecule has 11 heavy (non-hydrogen) atoms. The van der Waals surface area contributed by atoms with Gasteiger partial charge in [0.1, 0.15) is 0 Å². The van der Waals surface area contributed by atoms with E-state index in [0.29, 0.717) is 0 Å². The third-order valence-corrected chi connectivity index (χ3v) is 0. The van der Waals surface area contributed by atoms with Gasteiger partial charge in [-0.2, -0.15) is 19.8 Å². The van der Waals surface area contributed by atoms with E-state index in [1.54, 1.807) is 0 Å². The molecule has 2 atom stereocenters. The summed E-state index contributed by atoms with van der Waals surface area (Å²) >= 11 is 0. The smallest absolute Gasteiger partial charge is 2.00 e. The molecule has 3 nitrogen and oxygen atoms in total. The maximum Gasteiger partial charge on any atom is 3.00 e. The monoisotopic (exact) mass is 374 g/mol. The van der Waals surface area contributed by atoms with Gasteiger partial charge in [0.05, 0.1) is 0 Å². The van der Waals surface area contributed by atoms with Gasteiger partial charge in [-0.05, 0) is 0 Å². The zero-order valence-corrected chi connectivity index (χ0v) is 17.1. The first kappa shape index (κ1) is 230. The van der Waals surface area contributed by atoms with E-state index in [9.17, 15) is 0 Å². The average molecular weight is 371 g/mol. The van der Waals surface area contributed by atoms with Crippen LogP contribution < -0.4 is 0 Å². The predicted molar refractivity (Wildman–Crippen MR) is 58.8 cm³/mol. The molecule has 0 aliphatic carbocycles. The molecule has 16 radical (unpaired) electrons. The van der Waals surface area contributed by atoms with Crippen LogP contribution in [0.15, 0.2) is 0 Å². The maximum atomic E-state index is 0. The Morgan fingerprint density at radius 3 is 0.455 bits per heavy atom. The summed E-state index contributed by atoms with van der Waals surface area (Å²) in [7, 11) is 0. The molecular weight excluding hydrogens is 365 g/mol. The van der Waals surface area contributed by atoms with Crippen molar-refractivity contribution in [3.05, 3.63) is 0 Å². The summed E-state index contributed by atoms with van der Waals surface area (Å²) < 4.78 is 0. The molecule has 0 rings (SSSR count). The van der Waals surface area contributed by atoms with Crippen molar-refractivity contribution in [2.75, 3.05) is 0 Å². The van der Waals surface area contributed by atoms with E-state index in [-0.39, 0.29) is 128 Å². The van der Waals surface area contributed by atoms with E-state index < -0.39 is 0 Å². The Kier molecular flexibility index (Phi) is 3830.